The number of Topliss-reactive ketones (excluding diaryl/α,β-unsaturated/α-hetero) is 1. The molecule has 3 rings (SSSR count). The first-order valence-corrected chi connectivity index (χ1v) is 16.7. The van der Waals surface area contributed by atoms with Crippen LogP contribution >= 0.6 is 0 Å². The van der Waals surface area contributed by atoms with Gasteiger partial charge in [0.1, 0.15) is 17.8 Å². The molecule has 281 valence electrons. The summed E-state index contributed by atoms with van der Waals surface area (Å²) in [6.45, 7) is 23.3. The number of hydrogen-bond acceptors (Lipinski definition) is 10. The summed E-state index contributed by atoms with van der Waals surface area (Å²) in [5, 5.41) is 12.0. The molecule has 3 radical (unpaired) electrons. The molecule has 0 aromatic rings. The van der Waals surface area contributed by atoms with Crippen LogP contribution in [0.3, 0.4) is 0 Å². The van der Waals surface area contributed by atoms with Crippen LogP contribution in [0.25, 0.3) is 0 Å². The average molecular weight is 932 g/mol. The maximum Gasteiger partial charge on any atom is 0.186 e. The van der Waals surface area contributed by atoms with Gasteiger partial charge in [-0.15, -0.1) is 0 Å². The predicted octanol–water partition coefficient (Wildman–Crippen LogP) is 4.93. The van der Waals surface area contributed by atoms with Crippen LogP contribution in [0.5, 0.6) is 0 Å². The number of carbonyl (C=O) groups is 2. The van der Waals surface area contributed by atoms with Crippen LogP contribution in [0.2, 0.25) is 0 Å². The number of methoxy groups -OCH3 is 1. The largest absolute Gasteiger partial charge is 0.481 e. The molecular formula is C37H62NO9Y3-3. The van der Waals surface area contributed by atoms with Gasteiger partial charge in [0.05, 0.1) is 37.1 Å². The number of esters is 1. The van der Waals surface area contributed by atoms with Gasteiger partial charge >= 0.3 is 0 Å². The van der Waals surface area contributed by atoms with Crippen molar-refractivity contribution in [3.8, 4) is 0 Å². The number of fused-ring (bicyclic) bond motifs is 5. The van der Waals surface area contributed by atoms with E-state index in [9.17, 15) is 14.7 Å². The summed E-state index contributed by atoms with van der Waals surface area (Å²) < 4.78 is 38.3. The molecule has 12 atom stereocenters. The number of ketones is 1. The topological polar surface area (TPSA) is 113 Å². The Bertz CT molecular complexity index is 1120. The Balaban J connectivity index is 0. The van der Waals surface area contributed by atoms with Gasteiger partial charge in [0.2, 0.25) is 0 Å². The van der Waals surface area contributed by atoms with Crippen LogP contribution in [0.1, 0.15) is 74.7 Å². The van der Waals surface area contributed by atoms with Gasteiger partial charge in [-0.1, -0.05) is 46.1 Å². The molecule has 0 aromatic heterocycles. The number of carbonyl (C=O) groups excluding carboxylic acids is 2. The van der Waals surface area contributed by atoms with Crippen molar-refractivity contribution in [3.63, 3.8) is 0 Å². The summed E-state index contributed by atoms with van der Waals surface area (Å²) >= 11 is 0. The fraction of sp³-hybridized carbons (Fsp3) is 0.757. The molecule has 50 heavy (non-hydrogen) atoms. The summed E-state index contributed by atoms with van der Waals surface area (Å²) in [6, 6.07) is 0.000861. The zero-order valence-corrected chi connectivity index (χ0v) is 41.2. The molecule has 3 aliphatic heterocycles. The van der Waals surface area contributed by atoms with Crippen LogP contribution in [-0.4, -0.2) is 110 Å². The molecule has 3 heterocycles. The monoisotopic (exact) mass is 931 g/mol. The summed E-state index contributed by atoms with van der Waals surface area (Å²) in [7, 11) is 5.62. The Morgan fingerprint density at radius 3 is 2.22 bits per heavy atom. The Hall–Kier alpha value is 1.39. The molecule has 0 amide bonds. The molecule has 0 spiro atoms. The first-order chi connectivity index (χ1) is 21.4. The molecule has 1 N–H and O–H groups in total. The fourth-order valence-electron chi connectivity index (χ4n) is 7.76. The van der Waals surface area contributed by atoms with Crippen LogP contribution in [0.4, 0.5) is 0 Å². The fourth-order valence-corrected chi connectivity index (χ4v) is 7.76. The smallest absolute Gasteiger partial charge is 0.186 e. The van der Waals surface area contributed by atoms with Crippen LogP contribution in [-0.2, 0) is 136 Å². The Morgan fingerprint density at radius 1 is 1.10 bits per heavy atom. The van der Waals surface area contributed by atoms with E-state index in [-0.39, 0.29) is 149 Å². The summed E-state index contributed by atoms with van der Waals surface area (Å²) in [5.41, 5.74) is -1.09. The van der Waals surface area contributed by atoms with Gasteiger partial charge in [0, 0.05) is 123 Å². The van der Waals surface area contributed by atoms with Gasteiger partial charge < -0.3 is 50.6 Å². The second-order valence-electron chi connectivity index (χ2n) is 14.3. The van der Waals surface area contributed by atoms with E-state index >= 15 is 0 Å². The third-order valence-electron chi connectivity index (χ3n) is 10.4. The molecule has 0 aromatic carbocycles. The molecule has 0 unspecified atom stereocenters. The van der Waals surface area contributed by atoms with E-state index in [1.54, 1.807) is 21.0 Å². The predicted molar refractivity (Wildman–Crippen MR) is 182 cm³/mol. The first-order valence-electron chi connectivity index (χ1n) is 16.7. The van der Waals surface area contributed by atoms with E-state index in [0.29, 0.717) is 18.4 Å². The standard InChI is InChI=1S/C36H59NO9.CH3.3Y/c1-14-26-21(4)17-35(9)31(46-34-30(41-13)27(37(11)12)16-22(5)44-34)24(7)29(38)25(8)33(39)45-28(15-2)36(10,40)32(23(26)6)42-18-20(3)19-43-35;;;;/h14,21-24,27-28,30-32,34,40H,1,3,15-19H2,2,4-13H3;1H3;;;/q-2;-1;;;/b26-14+;;;;/t21-,22-,23+,24+,27+,28-,30-,31-,32-,34+,35-,36-;;;;/m1..../s1. The molecule has 10 nitrogen and oxygen atoms in total. The Kier molecular flexibility index (Phi) is 24.4. The second-order valence-corrected chi connectivity index (χ2v) is 14.3. The van der Waals surface area contributed by atoms with E-state index < -0.39 is 59.6 Å². The van der Waals surface area contributed by atoms with Gasteiger partial charge in [-0.3, -0.25) is 4.79 Å². The number of nitrogens with zero attached hydrogens (tertiary/aromatic N) is 1. The number of likely N-dealkylation sites (N-methyl/N-ethyl adjacent to an activating group) is 1. The minimum atomic E-state index is -1.60. The molecule has 2 bridgehead atoms. The minimum Gasteiger partial charge on any atom is -0.481 e. The van der Waals surface area contributed by atoms with Crippen molar-refractivity contribution in [2.45, 2.75) is 129 Å². The van der Waals surface area contributed by atoms with E-state index in [0.717, 1.165) is 12.0 Å². The SMILES string of the molecule is C=C1CO[C@@H]2[C@@H](C)/C(=C/[CH2-])[C@H](C)C[C@@](C)(OC1)[C@H](O[C@@H]1O[C@H](C)C[C@H](N(C)C)[C@H]1OC)[C@@H](C)C(=O)[C-](C)C(=O)O[C@H](CC)[C@@]2(C)O.[CH3-].[Y].[Y].[Y]. The van der Waals surface area contributed by atoms with Crippen LogP contribution < -0.4 is 0 Å². The van der Waals surface area contributed by atoms with Gasteiger partial charge in [0.25, 0.3) is 0 Å². The molecule has 13 heteroatoms. The Labute approximate surface area is 378 Å². The second kappa shape index (κ2) is 22.8. The molecule has 3 fully saturated rings. The summed E-state index contributed by atoms with van der Waals surface area (Å²) in [6.07, 6.45) is -0.729. The van der Waals surface area contributed by atoms with E-state index in [1.165, 1.54) is 6.92 Å². The van der Waals surface area contributed by atoms with Crippen molar-refractivity contribution < 1.29 is 141 Å². The number of aliphatic hydroxyl groups is 1. The number of allylic oxidation sites excluding steroid dienone is 1. The van der Waals surface area contributed by atoms with Crippen molar-refractivity contribution in [1.29, 1.82) is 0 Å². The zero-order valence-electron chi connectivity index (χ0n) is 32.7. The van der Waals surface area contributed by atoms with Gasteiger partial charge in [-0.05, 0) is 59.7 Å². The van der Waals surface area contributed by atoms with Crippen molar-refractivity contribution in [3.05, 3.63) is 44.1 Å². The van der Waals surface area contributed by atoms with Gasteiger partial charge in [-0.25, -0.2) is 24.5 Å². The third-order valence-corrected chi connectivity index (χ3v) is 10.4. The maximum atomic E-state index is 14.2. The third kappa shape index (κ3) is 12.2. The number of ether oxygens (including phenoxy) is 6. The maximum absolute atomic E-state index is 14.2. The first kappa shape index (κ1) is 53.5. The van der Waals surface area contributed by atoms with E-state index in [2.05, 4.69) is 25.3 Å². The average Bonchev–Trinajstić information content (AvgIpc) is 3.00. The Morgan fingerprint density at radius 2 is 1.70 bits per heavy atom. The van der Waals surface area contributed by atoms with E-state index in [1.807, 2.05) is 47.9 Å². The van der Waals surface area contributed by atoms with Crippen molar-refractivity contribution >= 4 is 11.8 Å². The normalized spacial score (nSPS) is 39.7. The van der Waals surface area contributed by atoms with Crippen molar-refractivity contribution in [2.24, 2.45) is 17.8 Å². The van der Waals surface area contributed by atoms with Crippen molar-refractivity contribution in [1.82, 2.24) is 4.90 Å². The minimum absolute atomic E-state index is 0. The molecule has 0 aliphatic carbocycles. The number of cyclic esters (lactones) is 1. The van der Waals surface area contributed by atoms with Crippen molar-refractivity contribution in [2.75, 3.05) is 34.4 Å². The molecular weight excluding hydrogens is 869 g/mol. The van der Waals surface area contributed by atoms with Gasteiger partial charge in [0.15, 0.2) is 12.3 Å². The van der Waals surface area contributed by atoms with Crippen LogP contribution in [0.15, 0.2) is 23.8 Å². The number of rotatable bonds is 5. The number of hydrogen-bond donors (Lipinski definition) is 1. The van der Waals surface area contributed by atoms with E-state index in [4.69, 9.17) is 28.4 Å². The van der Waals surface area contributed by atoms with Gasteiger partial charge in [-0.2, -0.15) is 6.92 Å². The molecule has 0 saturated carbocycles. The van der Waals surface area contributed by atoms with Crippen LogP contribution in [0, 0.1) is 38.0 Å². The quantitative estimate of drug-likeness (QED) is 0.232. The zero-order chi connectivity index (χ0) is 34.7. The molecule has 3 aliphatic rings. The summed E-state index contributed by atoms with van der Waals surface area (Å²) in [5.74, 6) is -2.62. The molecule has 3 saturated heterocycles. The summed E-state index contributed by atoms with van der Waals surface area (Å²) in [4.78, 5) is 29.9.